The van der Waals surface area contributed by atoms with E-state index in [0.717, 1.165) is 6.54 Å². The van der Waals surface area contributed by atoms with Crippen molar-refractivity contribution < 1.29 is 0 Å². The smallest absolute Gasteiger partial charge is 0.124 e. The number of hydrogen-bond donors (Lipinski definition) is 1. The summed E-state index contributed by atoms with van der Waals surface area (Å²) in [6.45, 7) is 0.844. The zero-order valence-electron chi connectivity index (χ0n) is 5.75. The molecule has 0 aromatic heterocycles. The van der Waals surface area contributed by atoms with Crippen molar-refractivity contribution in [1.29, 1.82) is 0 Å². The molecule has 62 valence electrons. The first kappa shape index (κ1) is 12.2. The highest BCUT2D eigenvalue weighted by Gasteiger charge is 2.15. The monoisotopic (exact) mass is 479 g/mol. The van der Waals surface area contributed by atoms with Crippen molar-refractivity contribution in [1.82, 2.24) is 0 Å². The van der Waals surface area contributed by atoms with Crippen LogP contribution in [0.5, 0.6) is 0 Å². The molecule has 0 saturated heterocycles. The molecule has 0 aliphatic carbocycles. The van der Waals surface area contributed by atoms with Gasteiger partial charge in [-0.2, -0.15) is 0 Å². The Kier molecular flexibility index (Phi) is 8.07. The van der Waals surface area contributed by atoms with Crippen LogP contribution >= 0.6 is 67.8 Å². The molecular weight excluding hydrogens is 467 g/mol. The molecule has 0 amide bonds. The molecule has 0 aromatic rings. The predicted octanol–water partition coefficient (Wildman–Crippen LogP) is 3.46. The van der Waals surface area contributed by atoms with Gasteiger partial charge < -0.3 is 5.73 Å². The van der Waals surface area contributed by atoms with Crippen molar-refractivity contribution in [3.63, 3.8) is 0 Å². The fraction of sp³-hybridized carbons (Fsp3) is 1.00. The minimum Gasteiger partial charge on any atom is -0.330 e. The second-order valence-corrected chi connectivity index (χ2v) is 13.9. The molecule has 4 heteroatoms. The Morgan fingerprint density at radius 2 is 1.60 bits per heavy atom. The van der Waals surface area contributed by atoms with Crippen molar-refractivity contribution in [2.45, 2.75) is 25.1 Å². The zero-order valence-corrected chi connectivity index (χ0v) is 12.2. The number of unbranched alkanes of at least 4 members (excludes halogenated alkanes) is 2. The molecule has 0 aromatic carbocycles. The van der Waals surface area contributed by atoms with Gasteiger partial charge in [0.1, 0.15) is -0.565 Å². The summed E-state index contributed by atoms with van der Waals surface area (Å²) >= 11 is 7.41. The van der Waals surface area contributed by atoms with Gasteiger partial charge in [-0.05, 0) is 19.4 Å². The molecule has 0 spiro atoms. The number of nitrogens with two attached hydrogens (primary N) is 1. The number of halogens is 3. The van der Waals surface area contributed by atoms with Gasteiger partial charge in [0.05, 0.1) is 0 Å². The van der Waals surface area contributed by atoms with Crippen LogP contribution < -0.4 is 5.73 Å². The van der Waals surface area contributed by atoms with E-state index in [4.69, 9.17) is 5.73 Å². The normalized spacial score (nSPS) is 12.0. The molecule has 0 rings (SSSR count). The first-order chi connectivity index (χ1) is 4.56. The number of hydrogen-bond acceptors (Lipinski definition) is 1. The first-order valence-electron chi connectivity index (χ1n) is 3.33. The van der Waals surface area contributed by atoms with E-state index in [1.165, 1.54) is 25.7 Å². The highest BCUT2D eigenvalue weighted by molar-refractivity contribution is 14.3. The van der Waals surface area contributed by atoms with Crippen LogP contribution in [0.25, 0.3) is 0 Å². The summed E-state index contributed by atoms with van der Waals surface area (Å²) in [4.78, 5) is 0. The summed E-state index contributed by atoms with van der Waals surface area (Å²) < 4.78 is 0.419. The first-order valence-corrected chi connectivity index (χ1v) is 6.56. The maximum Gasteiger partial charge on any atom is 0.124 e. The van der Waals surface area contributed by atoms with Gasteiger partial charge in [0, 0.05) is 0 Å². The van der Waals surface area contributed by atoms with E-state index in [2.05, 4.69) is 67.8 Å². The van der Waals surface area contributed by atoms with Crippen LogP contribution in [0, 0.1) is 0 Å². The third kappa shape index (κ3) is 10.2. The summed E-state index contributed by atoms with van der Waals surface area (Å²) in [5, 5.41) is 0. The summed E-state index contributed by atoms with van der Waals surface area (Å²) in [7, 11) is 0. The Morgan fingerprint density at radius 3 is 2.00 bits per heavy atom. The Balaban J connectivity index is 3.04. The molecule has 0 saturated carbocycles. The average molecular weight is 479 g/mol. The maximum absolute atomic E-state index is 5.37. The van der Waals surface area contributed by atoms with Crippen LogP contribution in [-0.4, -0.2) is 5.98 Å². The second kappa shape index (κ2) is 6.64. The minimum absolute atomic E-state index is 0.419. The van der Waals surface area contributed by atoms with Gasteiger partial charge in [-0.25, -0.2) is 0 Å². The van der Waals surface area contributed by atoms with E-state index in [1.807, 2.05) is 0 Å². The topological polar surface area (TPSA) is 26.0 Å². The summed E-state index contributed by atoms with van der Waals surface area (Å²) in [6, 6.07) is 0. The Bertz CT molecular complexity index is 79.6. The van der Waals surface area contributed by atoms with Crippen LogP contribution in [0.2, 0.25) is 0 Å². The highest BCUT2D eigenvalue weighted by Crippen LogP contribution is 2.40. The molecule has 1 nitrogen and oxygen atoms in total. The molecule has 2 N–H and O–H groups in total. The lowest BCUT2D eigenvalue weighted by molar-refractivity contribution is 0.674. The minimum atomic E-state index is 0.419. The van der Waals surface area contributed by atoms with Crippen LogP contribution in [-0.2, 0) is 0 Å². The maximum atomic E-state index is 5.37. The third-order valence-corrected chi connectivity index (χ3v) is 2.78. The molecule has 0 aliphatic heterocycles. The molecule has 0 atom stereocenters. The molecule has 0 heterocycles. The second-order valence-electron chi connectivity index (χ2n) is 2.21. The van der Waals surface area contributed by atoms with Gasteiger partial charge in [-0.1, -0.05) is 80.6 Å². The molecule has 0 bridgehead atoms. The Hall–Kier alpha value is 2.15. The van der Waals surface area contributed by atoms with Crippen molar-refractivity contribution in [2.24, 2.45) is 5.73 Å². The standard InChI is InChI=1S/C6H12I3N/c7-6(8,9)4-2-1-3-5-10/h1-5,10H2. The largest absolute Gasteiger partial charge is 0.330 e. The zero-order chi connectivity index (χ0) is 8.04. The summed E-state index contributed by atoms with van der Waals surface area (Å²) in [6.07, 6.45) is 5.06. The van der Waals surface area contributed by atoms with Crippen LogP contribution in [0.4, 0.5) is 0 Å². The van der Waals surface area contributed by atoms with Gasteiger partial charge in [0.15, 0.2) is 0 Å². The van der Waals surface area contributed by atoms with E-state index in [0.29, 0.717) is -0.565 Å². The van der Waals surface area contributed by atoms with E-state index in [-0.39, 0.29) is 0 Å². The van der Waals surface area contributed by atoms with Crippen molar-refractivity contribution in [2.75, 3.05) is 6.54 Å². The molecule has 0 unspecified atom stereocenters. The van der Waals surface area contributed by atoms with Gasteiger partial charge in [0.2, 0.25) is 0 Å². The van der Waals surface area contributed by atoms with Gasteiger partial charge in [0.25, 0.3) is 0 Å². The van der Waals surface area contributed by atoms with E-state index < -0.39 is 0 Å². The third-order valence-electron chi connectivity index (χ3n) is 1.16. The van der Waals surface area contributed by atoms with Crippen molar-refractivity contribution in [3.8, 4) is 0 Å². The van der Waals surface area contributed by atoms with Crippen LogP contribution in [0.15, 0.2) is 0 Å². The van der Waals surface area contributed by atoms with Crippen molar-refractivity contribution in [3.05, 3.63) is 0 Å². The number of rotatable bonds is 5. The lowest BCUT2D eigenvalue weighted by atomic mass is 10.2. The predicted molar refractivity (Wildman–Crippen MR) is 72.3 cm³/mol. The van der Waals surface area contributed by atoms with E-state index >= 15 is 0 Å². The van der Waals surface area contributed by atoms with Crippen molar-refractivity contribution >= 4 is 67.8 Å². The van der Waals surface area contributed by atoms with Crippen LogP contribution in [0.1, 0.15) is 25.7 Å². The molecule has 10 heavy (non-hydrogen) atoms. The van der Waals surface area contributed by atoms with Crippen LogP contribution in [0.3, 0.4) is 0 Å². The number of alkyl halides is 3. The Labute approximate surface area is 104 Å². The average Bonchev–Trinajstić information content (AvgIpc) is 1.78. The van der Waals surface area contributed by atoms with E-state index in [1.54, 1.807) is 0 Å². The highest BCUT2D eigenvalue weighted by atomic mass is 127. The fourth-order valence-corrected chi connectivity index (χ4v) is 1.79. The molecular formula is C6H12I3N. The van der Waals surface area contributed by atoms with Gasteiger partial charge in [-0.15, -0.1) is 0 Å². The quantitative estimate of drug-likeness (QED) is 0.365. The summed E-state index contributed by atoms with van der Waals surface area (Å²) in [5.41, 5.74) is 5.37. The van der Waals surface area contributed by atoms with E-state index in [9.17, 15) is 0 Å². The molecule has 0 fully saturated rings. The van der Waals surface area contributed by atoms with Gasteiger partial charge >= 0.3 is 0 Å². The SMILES string of the molecule is NCCCCCC(I)(I)I. The Morgan fingerprint density at radius 1 is 1.00 bits per heavy atom. The van der Waals surface area contributed by atoms with Gasteiger partial charge in [-0.3, -0.25) is 0 Å². The lowest BCUT2D eigenvalue weighted by Crippen LogP contribution is -2.01. The molecule has 0 radical (unpaired) electrons. The lowest BCUT2D eigenvalue weighted by Gasteiger charge is -2.10. The summed E-state index contributed by atoms with van der Waals surface area (Å²) in [5.74, 6) is 0. The fourth-order valence-electron chi connectivity index (χ4n) is 0.647. The molecule has 0 aliphatic rings.